The molecule has 0 aliphatic rings. The average Bonchev–Trinajstić information content (AvgIpc) is 2.49. The summed E-state index contributed by atoms with van der Waals surface area (Å²) >= 11 is 10.8. The summed E-state index contributed by atoms with van der Waals surface area (Å²) in [6.07, 6.45) is 3.01. The lowest BCUT2D eigenvalue weighted by atomic mass is 10.2. The van der Waals surface area contributed by atoms with Gasteiger partial charge in [0.2, 0.25) is 5.91 Å². The largest absolute Gasteiger partial charge is 0.506 e. The number of hydrogen-bond donors (Lipinski definition) is 3. The molecule has 4 nitrogen and oxygen atoms in total. The number of thiocarbonyl (C=S) groups is 1. The second-order valence-corrected chi connectivity index (χ2v) is 5.19. The van der Waals surface area contributed by atoms with Crippen molar-refractivity contribution in [3.8, 4) is 5.75 Å². The summed E-state index contributed by atoms with van der Waals surface area (Å²) < 4.78 is 0. The first kappa shape index (κ1) is 16.0. The molecule has 0 radical (unpaired) electrons. The number of benzene rings is 2. The van der Waals surface area contributed by atoms with Crippen molar-refractivity contribution < 1.29 is 9.90 Å². The molecule has 0 saturated heterocycles. The molecule has 0 saturated carbocycles. The van der Waals surface area contributed by atoms with Crippen LogP contribution in [0.3, 0.4) is 0 Å². The van der Waals surface area contributed by atoms with E-state index in [1.807, 2.05) is 0 Å². The van der Waals surface area contributed by atoms with E-state index in [4.69, 9.17) is 23.8 Å². The number of amides is 1. The summed E-state index contributed by atoms with van der Waals surface area (Å²) in [5.41, 5.74) is 1.27. The highest BCUT2D eigenvalue weighted by molar-refractivity contribution is 7.80. The fourth-order valence-corrected chi connectivity index (χ4v) is 1.97. The van der Waals surface area contributed by atoms with E-state index in [2.05, 4.69) is 10.6 Å². The number of nitrogens with one attached hydrogen (secondary N) is 2. The first-order valence-electron chi connectivity index (χ1n) is 6.38. The van der Waals surface area contributed by atoms with Crippen molar-refractivity contribution in [2.75, 3.05) is 5.32 Å². The number of carbonyl (C=O) groups is 1. The second kappa shape index (κ2) is 7.59. The molecule has 0 atom stereocenters. The van der Waals surface area contributed by atoms with Crippen molar-refractivity contribution in [2.45, 2.75) is 0 Å². The third-order valence-electron chi connectivity index (χ3n) is 2.69. The highest BCUT2D eigenvalue weighted by atomic mass is 35.5. The fourth-order valence-electron chi connectivity index (χ4n) is 1.63. The van der Waals surface area contributed by atoms with E-state index in [9.17, 15) is 9.90 Å². The van der Waals surface area contributed by atoms with Crippen LogP contribution in [-0.4, -0.2) is 16.1 Å². The number of rotatable bonds is 3. The average molecular weight is 333 g/mol. The van der Waals surface area contributed by atoms with E-state index in [1.165, 1.54) is 12.1 Å². The lowest BCUT2D eigenvalue weighted by Gasteiger charge is -2.09. The van der Waals surface area contributed by atoms with Crippen LogP contribution < -0.4 is 10.6 Å². The molecule has 2 rings (SSSR count). The third kappa shape index (κ3) is 4.87. The summed E-state index contributed by atoms with van der Waals surface area (Å²) in [7, 11) is 0. The van der Waals surface area contributed by atoms with Gasteiger partial charge in [0, 0.05) is 11.1 Å². The molecule has 2 aromatic carbocycles. The molecule has 2 aromatic rings. The van der Waals surface area contributed by atoms with Crippen LogP contribution in [0.5, 0.6) is 5.75 Å². The van der Waals surface area contributed by atoms with Gasteiger partial charge in [0.25, 0.3) is 0 Å². The molecule has 112 valence electrons. The Kier molecular flexibility index (Phi) is 5.52. The third-order valence-corrected chi connectivity index (χ3v) is 3.14. The van der Waals surface area contributed by atoms with Gasteiger partial charge in [-0.2, -0.15) is 0 Å². The van der Waals surface area contributed by atoms with Crippen molar-refractivity contribution in [3.63, 3.8) is 0 Å². The van der Waals surface area contributed by atoms with Gasteiger partial charge >= 0.3 is 0 Å². The predicted molar refractivity (Wildman–Crippen MR) is 93.0 cm³/mol. The topological polar surface area (TPSA) is 61.4 Å². The number of hydrogen-bond acceptors (Lipinski definition) is 3. The van der Waals surface area contributed by atoms with Gasteiger partial charge in [-0.05, 0) is 48.1 Å². The van der Waals surface area contributed by atoms with Crippen LogP contribution >= 0.6 is 23.8 Å². The fraction of sp³-hybridized carbons (Fsp3) is 0. The minimum absolute atomic E-state index is 0.0517. The zero-order valence-electron chi connectivity index (χ0n) is 11.4. The Morgan fingerprint density at radius 2 is 1.82 bits per heavy atom. The Morgan fingerprint density at radius 3 is 2.50 bits per heavy atom. The van der Waals surface area contributed by atoms with Gasteiger partial charge in [0.15, 0.2) is 5.11 Å². The summed E-state index contributed by atoms with van der Waals surface area (Å²) in [6.45, 7) is 0. The smallest absolute Gasteiger partial charge is 0.250 e. The molecular formula is C16H13ClN2O2S. The van der Waals surface area contributed by atoms with Crippen LogP contribution in [-0.2, 0) is 4.79 Å². The summed E-state index contributed by atoms with van der Waals surface area (Å²) in [4.78, 5) is 11.8. The molecule has 0 heterocycles. The normalized spacial score (nSPS) is 10.4. The van der Waals surface area contributed by atoms with Gasteiger partial charge in [0.1, 0.15) is 5.75 Å². The first-order valence-corrected chi connectivity index (χ1v) is 7.17. The molecule has 1 amide bonds. The Balaban J connectivity index is 1.90. The summed E-state index contributed by atoms with van der Waals surface area (Å²) in [5, 5.41) is 15.6. The van der Waals surface area contributed by atoms with Gasteiger partial charge in [-0.1, -0.05) is 35.9 Å². The Hall–Kier alpha value is -2.37. The second-order valence-electron chi connectivity index (χ2n) is 4.35. The molecule has 0 aromatic heterocycles. The zero-order chi connectivity index (χ0) is 15.9. The quantitative estimate of drug-likeness (QED) is 0.457. The van der Waals surface area contributed by atoms with E-state index >= 15 is 0 Å². The lowest BCUT2D eigenvalue weighted by Crippen LogP contribution is -2.32. The van der Waals surface area contributed by atoms with Gasteiger partial charge in [-0.3, -0.25) is 10.1 Å². The van der Waals surface area contributed by atoms with Gasteiger partial charge in [0.05, 0.1) is 5.69 Å². The van der Waals surface area contributed by atoms with E-state index in [-0.39, 0.29) is 16.8 Å². The molecule has 0 fully saturated rings. The zero-order valence-corrected chi connectivity index (χ0v) is 13.0. The maximum atomic E-state index is 11.8. The molecular weight excluding hydrogens is 320 g/mol. The van der Waals surface area contributed by atoms with Crippen molar-refractivity contribution in [1.82, 2.24) is 5.32 Å². The molecule has 22 heavy (non-hydrogen) atoms. The Morgan fingerprint density at radius 1 is 1.14 bits per heavy atom. The molecule has 0 spiro atoms. The number of anilines is 1. The summed E-state index contributed by atoms with van der Waals surface area (Å²) in [6, 6.07) is 13.7. The minimum atomic E-state index is -0.372. The number of aromatic hydroxyl groups is 1. The number of carbonyl (C=O) groups excluding carboxylic acids is 1. The molecule has 0 aliphatic carbocycles. The molecule has 6 heteroatoms. The van der Waals surface area contributed by atoms with Crippen molar-refractivity contribution >= 4 is 46.6 Å². The lowest BCUT2D eigenvalue weighted by molar-refractivity contribution is -0.115. The number of phenolic OH excluding ortho intramolecular Hbond substituents is 1. The van der Waals surface area contributed by atoms with Crippen LogP contribution in [0.1, 0.15) is 5.56 Å². The predicted octanol–water partition coefficient (Wildman–Crippen LogP) is 3.57. The van der Waals surface area contributed by atoms with Crippen LogP contribution in [0.4, 0.5) is 5.69 Å². The summed E-state index contributed by atoms with van der Waals surface area (Å²) in [5.74, 6) is -0.321. The van der Waals surface area contributed by atoms with E-state index in [1.54, 1.807) is 48.5 Å². The van der Waals surface area contributed by atoms with E-state index < -0.39 is 0 Å². The van der Waals surface area contributed by atoms with Crippen LogP contribution in [0.15, 0.2) is 54.6 Å². The van der Waals surface area contributed by atoms with Crippen molar-refractivity contribution in [2.24, 2.45) is 0 Å². The monoisotopic (exact) mass is 332 g/mol. The van der Waals surface area contributed by atoms with Gasteiger partial charge < -0.3 is 10.4 Å². The minimum Gasteiger partial charge on any atom is -0.506 e. The van der Waals surface area contributed by atoms with E-state index in [0.717, 1.165) is 5.56 Å². The Bertz CT molecular complexity index is 714. The van der Waals surface area contributed by atoms with Crippen molar-refractivity contribution in [3.05, 3.63) is 65.2 Å². The molecule has 0 bridgehead atoms. The van der Waals surface area contributed by atoms with Crippen LogP contribution in [0.25, 0.3) is 6.08 Å². The van der Waals surface area contributed by atoms with Crippen LogP contribution in [0.2, 0.25) is 5.02 Å². The number of para-hydroxylation sites is 2. The van der Waals surface area contributed by atoms with Crippen LogP contribution in [0, 0.1) is 0 Å². The standard InChI is InChI=1S/C16H13ClN2O2S/c17-12-8-5-11(6-9-12)7-10-15(21)19-16(22)18-13-3-1-2-4-14(13)20/h1-10,20H,(H2,18,19,21,22)/b10-7+. The number of phenols is 1. The highest BCUT2D eigenvalue weighted by Gasteiger charge is 2.04. The highest BCUT2D eigenvalue weighted by Crippen LogP contribution is 2.21. The molecule has 3 N–H and O–H groups in total. The van der Waals surface area contributed by atoms with E-state index in [0.29, 0.717) is 10.7 Å². The van der Waals surface area contributed by atoms with Gasteiger partial charge in [-0.25, -0.2) is 0 Å². The maximum Gasteiger partial charge on any atom is 0.250 e. The Labute approximate surface area is 138 Å². The SMILES string of the molecule is O=C(/C=C/c1ccc(Cl)cc1)NC(=S)Nc1ccccc1O. The van der Waals surface area contributed by atoms with Crippen molar-refractivity contribution in [1.29, 1.82) is 0 Å². The number of halogens is 1. The molecule has 0 unspecified atom stereocenters. The maximum absolute atomic E-state index is 11.8. The first-order chi connectivity index (χ1) is 10.5. The molecule has 0 aliphatic heterocycles. The van der Waals surface area contributed by atoms with Gasteiger partial charge in [-0.15, -0.1) is 0 Å².